The van der Waals surface area contributed by atoms with Crippen molar-refractivity contribution in [1.29, 1.82) is 5.26 Å². The lowest BCUT2D eigenvalue weighted by molar-refractivity contribution is 1.22. The number of thiophene rings is 1. The van der Waals surface area contributed by atoms with Crippen LogP contribution in [0.3, 0.4) is 0 Å². The molecule has 92 valence electrons. The minimum absolute atomic E-state index is 0.246. The Balaban J connectivity index is 2.21. The lowest BCUT2D eigenvalue weighted by Crippen LogP contribution is -1.90. The molecule has 0 spiro atoms. The van der Waals surface area contributed by atoms with Crippen LogP contribution in [0, 0.1) is 11.3 Å². The van der Waals surface area contributed by atoms with Crippen LogP contribution in [0.4, 0.5) is 0 Å². The lowest BCUT2D eigenvalue weighted by Gasteiger charge is -2.04. The van der Waals surface area contributed by atoms with Gasteiger partial charge in [-0.05, 0) is 34.7 Å². The van der Waals surface area contributed by atoms with Crippen LogP contribution in [0.1, 0.15) is 5.56 Å². The number of hydrogen-bond acceptors (Lipinski definition) is 4. The van der Waals surface area contributed by atoms with Crippen molar-refractivity contribution in [3.8, 4) is 17.3 Å². The maximum absolute atomic E-state index is 8.77. The standard InChI is InChI=1S/C14H8ClN3S/c15-14-17-12(11-5-7-19-13(11)18-14)10-3-1-2-9(8-10)4-6-16/h1-3,5,7-8H,4H2. The Labute approximate surface area is 119 Å². The van der Waals surface area contributed by atoms with Crippen molar-refractivity contribution in [2.45, 2.75) is 6.42 Å². The molecule has 3 aromatic rings. The smallest absolute Gasteiger partial charge is 0.217 e. The van der Waals surface area contributed by atoms with Gasteiger partial charge >= 0.3 is 0 Å². The molecule has 0 bridgehead atoms. The van der Waals surface area contributed by atoms with Crippen LogP contribution in [0.2, 0.25) is 5.28 Å². The van der Waals surface area contributed by atoms with Gasteiger partial charge in [-0.1, -0.05) is 18.2 Å². The van der Waals surface area contributed by atoms with Gasteiger partial charge in [0.1, 0.15) is 4.83 Å². The minimum atomic E-state index is 0.246. The SMILES string of the molecule is N#CCc1cccc(-c2nc(Cl)nc3sccc23)c1. The first-order chi connectivity index (χ1) is 9.28. The molecule has 5 heteroatoms. The average Bonchev–Trinajstić information content (AvgIpc) is 2.86. The van der Waals surface area contributed by atoms with Gasteiger partial charge in [0, 0.05) is 10.9 Å². The Hall–Kier alpha value is -1.96. The van der Waals surface area contributed by atoms with E-state index in [9.17, 15) is 0 Å². The molecule has 1 aromatic carbocycles. The molecule has 2 heterocycles. The van der Waals surface area contributed by atoms with Gasteiger partial charge in [-0.15, -0.1) is 11.3 Å². The summed E-state index contributed by atoms with van der Waals surface area (Å²) in [4.78, 5) is 9.40. The number of rotatable bonds is 2. The maximum atomic E-state index is 8.77. The first kappa shape index (κ1) is 12.1. The molecular weight excluding hydrogens is 278 g/mol. The summed E-state index contributed by atoms with van der Waals surface area (Å²) < 4.78 is 0. The van der Waals surface area contributed by atoms with E-state index in [4.69, 9.17) is 16.9 Å². The predicted octanol–water partition coefficient (Wildman–Crippen LogP) is 4.08. The van der Waals surface area contributed by atoms with Crippen molar-refractivity contribution in [2.24, 2.45) is 0 Å². The molecule has 0 radical (unpaired) electrons. The third kappa shape index (κ3) is 2.30. The maximum Gasteiger partial charge on any atom is 0.224 e. The first-order valence-corrected chi connectivity index (χ1v) is 6.90. The van der Waals surface area contributed by atoms with E-state index in [1.165, 1.54) is 11.3 Å². The molecule has 0 saturated carbocycles. The number of nitriles is 1. The second-order valence-electron chi connectivity index (χ2n) is 4.02. The van der Waals surface area contributed by atoms with Crippen LogP contribution in [-0.4, -0.2) is 9.97 Å². The van der Waals surface area contributed by atoms with Gasteiger partial charge in [0.15, 0.2) is 0 Å². The molecule has 3 nitrogen and oxygen atoms in total. The third-order valence-corrected chi connectivity index (χ3v) is 3.76. The zero-order valence-corrected chi connectivity index (χ0v) is 11.4. The molecule has 0 aliphatic rings. The van der Waals surface area contributed by atoms with Crippen LogP contribution in [0.15, 0.2) is 35.7 Å². The van der Waals surface area contributed by atoms with Crippen molar-refractivity contribution < 1.29 is 0 Å². The molecule has 3 rings (SSSR count). The molecule has 0 unspecified atom stereocenters. The van der Waals surface area contributed by atoms with E-state index < -0.39 is 0 Å². The summed E-state index contributed by atoms with van der Waals surface area (Å²) in [6.45, 7) is 0. The summed E-state index contributed by atoms with van der Waals surface area (Å²) >= 11 is 7.50. The van der Waals surface area contributed by atoms with Crippen molar-refractivity contribution in [3.05, 3.63) is 46.6 Å². The van der Waals surface area contributed by atoms with E-state index in [0.29, 0.717) is 6.42 Å². The fourth-order valence-electron chi connectivity index (χ4n) is 1.97. The van der Waals surface area contributed by atoms with E-state index in [-0.39, 0.29) is 5.28 Å². The molecule has 2 aromatic heterocycles. The van der Waals surface area contributed by atoms with Gasteiger partial charge < -0.3 is 0 Å². The fourth-order valence-corrected chi connectivity index (χ4v) is 2.95. The summed E-state index contributed by atoms with van der Waals surface area (Å²) in [5, 5.41) is 12.0. The van der Waals surface area contributed by atoms with Crippen molar-refractivity contribution in [2.75, 3.05) is 0 Å². The van der Waals surface area contributed by atoms with Crippen LogP contribution < -0.4 is 0 Å². The number of benzene rings is 1. The first-order valence-electron chi connectivity index (χ1n) is 5.65. The number of aromatic nitrogens is 2. The highest BCUT2D eigenvalue weighted by molar-refractivity contribution is 7.16. The van der Waals surface area contributed by atoms with Gasteiger partial charge in [0.05, 0.1) is 18.2 Å². The molecule has 0 atom stereocenters. The quantitative estimate of drug-likeness (QED) is 0.667. The van der Waals surface area contributed by atoms with Gasteiger partial charge in [-0.25, -0.2) is 9.97 Å². The highest BCUT2D eigenvalue weighted by atomic mass is 35.5. The van der Waals surface area contributed by atoms with Crippen molar-refractivity contribution in [3.63, 3.8) is 0 Å². The molecule has 0 amide bonds. The van der Waals surface area contributed by atoms with E-state index >= 15 is 0 Å². The second-order valence-corrected chi connectivity index (χ2v) is 5.25. The highest BCUT2D eigenvalue weighted by Gasteiger charge is 2.10. The number of fused-ring (bicyclic) bond motifs is 1. The van der Waals surface area contributed by atoms with Crippen molar-refractivity contribution in [1.82, 2.24) is 9.97 Å². The molecular formula is C14H8ClN3S. The number of nitrogens with zero attached hydrogens (tertiary/aromatic N) is 3. The third-order valence-electron chi connectivity index (χ3n) is 2.78. The topological polar surface area (TPSA) is 49.6 Å². The number of hydrogen-bond donors (Lipinski definition) is 0. The summed E-state index contributed by atoms with van der Waals surface area (Å²) in [5.74, 6) is 0. The van der Waals surface area contributed by atoms with Crippen LogP contribution in [-0.2, 0) is 6.42 Å². The van der Waals surface area contributed by atoms with Crippen molar-refractivity contribution >= 4 is 33.2 Å². The Bertz CT molecular complexity index is 789. The summed E-state index contributed by atoms with van der Waals surface area (Å²) in [6, 6.07) is 11.9. The van der Waals surface area contributed by atoms with Gasteiger partial charge in [-0.3, -0.25) is 0 Å². The van der Waals surface area contributed by atoms with Gasteiger partial charge in [-0.2, -0.15) is 5.26 Å². The summed E-state index contributed by atoms with van der Waals surface area (Å²) in [5.41, 5.74) is 2.75. The van der Waals surface area contributed by atoms with E-state index in [2.05, 4.69) is 16.0 Å². The molecule has 0 aliphatic carbocycles. The average molecular weight is 286 g/mol. The predicted molar refractivity (Wildman–Crippen MR) is 77.2 cm³/mol. The van der Waals surface area contributed by atoms with Crippen LogP contribution in [0.5, 0.6) is 0 Å². The fraction of sp³-hybridized carbons (Fsp3) is 0.0714. The summed E-state index contributed by atoms with van der Waals surface area (Å²) in [7, 11) is 0. The molecule has 0 fully saturated rings. The highest BCUT2D eigenvalue weighted by Crippen LogP contribution is 2.30. The normalized spacial score (nSPS) is 10.5. The Kier molecular flexibility index (Phi) is 3.16. The molecule has 0 N–H and O–H groups in total. The number of halogens is 1. The molecule has 19 heavy (non-hydrogen) atoms. The Morgan fingerprint density at radius 3 is 3.00 bits per heavy atom. The Morgan fingerprint density at radius 1 is 1.26 bits per heavy atom. The molecule has 0 aliphatic heterocycles. The summed E-state index contributed by atoms with van der Waals surface area (Å²) in [6.07, 6.45) is 0.388. The molecule has 0 saturated heterocycles. The van der Waals surface area contributed by atoms with Crippen LogP contribution >= 0.6 is 22.9 Å². The van der Waals surface area contributed by atoms with E-state index in [1.807, 2.05) is 35.7 Å². The van der Waals surface area contributed by atoms with Gasteiger partial charge in [0.2, 0.25) is 5.28 Å². The van der Waals surface area contributed by atoms with E-state index in [1.54, 1.807) is 0 Å². The second kappa shape index (κ2) is 4.96. The largest absolute Gasteiger partial charge is 0.224 e. The minimum Gasteiger partial charge on any atom is -0.217 e. The van der Waals surface area contributed by atoms with E-state index in [0.717, 1.165) is 27.0 Å². The monoisotopic (exact) mass is 285 g/mol. The Morgan fingerprint density at radius 2 is 2.16 bits per heavy atom. The van der Waals surface area contributed by atoms with Gasteiger partial charge in [0.25, 0.3) is 0 Å². The lowest BCUT2D eigenvalue weighted by atomic mass is 10.0. The van der Waals surface area contributed by atoms with Crippen LogP contribution in [0.25, 0.3) is 21.5 Å². The zero-order valence-electron chi connectivity index (χ0n) is 9.80. The zero-order chi connectivity index (χ0) is 13.2.